The van der Waals surface area contributed by atoms with Crippen molar-refractivity contribution in [2.75, 3.05) is 6.54 Å². The smallest absolute Gasteiger partial charge is 0.0518 e. The number of rotatable bonds is 4. The molecule has 0 saturated carbocycles. The molecule has 3 N–H and O–H groups in total. The van der Waals surface area contributed by atoms with Gasteiger partial charge in [0.25, 0.3) is 0 Å². The van der Waals surface area contributed by atoms with Crippen LogP contribution in [0.25, 0.3) is 0 Å². The van der Waals surface area contributed by atoms with E-state index in [4.69, 9.17) is 5.73 Å². The predicted octanol–water partition coefficient (Wildman–Crippen LogP) is 1.87. The number of aliphatic hydroxyl groups excluding tert-OH is 1. The third-order valence-corrected chi connectivity index (χ3v) is 3.36. The summed E-state index contributed by atoms with van der Waals surface area (Å²) in [5.74, 6) is 0.319. The van der Waals surface area contributed by atoms with E-state index in [0.717, 1.165) is 6.42 Å². The molecule has 1 aromatic heterocycles. The lowest BCUT2D eigenvalue weighted by Crippen LogP contribution is -2.17. The van der Waals surface area contributed by atoms with Gasteiger partial charge in [0.15, 0.2) is 0 Å². The molecular formula is C10H17NOS. The molecule has 1 heterocycles. The summed E-state index contributed by atoms with van der Waals surface area (Å²) < 4.78 is 0. The number of nitrogens with two attached hydrogens (primary N) is 1. The zero-order valence-corrected chi connectivity index (χ0v) is 8.97. The van der Waals surface area contributed by atoms with Crippen molar-refractivity contribution in [1.82, 2.24) is 0 Å². The minimum Gasteiger partial charge on any atom is -0.393 e. The second kappa shape index (κ2) is 4.74. The van der Waals surface area contributed by atoms with Crippen LogP contribution in [0, 0.1) is 6.92 Å². The zero-order chi connectivity index (χ0) is 9.84. The molecule has 0 aromatic carbocycles. The van der Waals surface area contributed by atoms with E-state index >= 15 is 0 Å². The lowest BCUT2D eigenvalue weighted by Gasteiger charge is -2.15. The third kappa shape index (κ3) is 2.79. The summed E-state index contributed by atoms with van der Waals surface area (Å²) in [6.45, 7) is 4.52. The van der Waals surface area contributed by atoms with Crippen LogP contribution in [0.2, 0.25) is 0 Å². The number of aliphatic hydroxyl groups is 1. The standard InChI is InChI=1S/C10H17NOS/c1-7-3-4-13-10(7)9(6-11)5-8(2)12/h3-4,8-9,12H,5-6,11H2,1-2H3. The van der Waals surface area contributed by atoms with E-state index in [1.165, 1.54) is 10.4 Å². The van der Waals surface area contributed by atoms with Crippen LogP contribution in [0.3, 0.4) is 0 Å². The highest BCUT2D eigenvalue weighted by molar-refractivity contribution is 7.10. The topological polar surface area (TPSA) is 46.2 Å². The molecule has 0 aliphatic rings. The van der Waals surface area contributed by atoms with Crippen LogP contribution in [-0.2, 0) is 0 Å². The normalized spacial score (nSPS) is 15.7. The lowest BCUT2D eigenvalue weighted by molar-refractivity contribution is 0.175. The fraction of sp³-hybridized carbons (Fsp3) is 0.600. The van der Waals surface area contributed by atoms with Crippen molar-refractivity contribution in [2.45, 2.75) is 32.3 Å². The van der Waals surface area contributed by atoms with E-state index in [-0.39, 0.29) is 6.10 Å². The average Bonchev–Trinajstić information content (AvgIpc) is 2.47. The van der Waals surface area contributed by atoms with Crippen LogP contribution in [0.4, 0.5) is 0 Å². The first-order valence-corrected chi connectivity index (χ1v) is 5.45. The zero-order valence-electron chi connectivity index (χ0n) is 8.16. The molecule has 13 heavy (non-hydrogen) atoms. The minimum atomic E-state index is -0.268. The first-order chi connectivity index (χ1) is 6.15. The van der Waals surface area contributed by atoms with Gasteiger partial charge >= 0.3 is 0 Å². The van der Waals surface area contributed by atoms with Gasteiger partial charge in [-0.3, -0.25) is 0 Å². The van der Waals surface area contributed by atoms with Crippen molar-refractivity contribution in [3.05, 3.63) is 21.9 Å². The molecule has 74 valence electrons. The fourth-order valence-corrected chi connectivity index (χ4v) is 2.58. The Balaban J connectivity index is 2.72. The van der Waals surface area contributed by atoms with Crippen LogP contribution >= 0.6 is 11.3 Å². The predicted molar refractivity (Wildman–Crippen MR) is 57.1 cm³/mol. The van der Waals surface area contributed by atoms with Gasteiger partial charge in [-0.1, -0.05) is 0 Å². The summed E-state index contributed by atoms with van der Waals surface area (Å²) in [7, 11) is 0. The van der Waals surface area contributed by atoms with Crippen LogP contribution in [-0.4, -0.2) is 17.8 Å². The Bertz CT molecular complexity index is 257. The molecule has 0 bridgehead atoms. The Morgan fingerprint density at radius 1 is 1.62 bits per heavy atom. The van der Waals surface area contributed by atoms with Gasteiger partial charge in [-0.25, -0.2) is 0 Å². The Hall–Kier alpha value is -0.380. The maximum absolute atomic E-state index is 9.29. The summed E-state index contributed by atoms with van der Waals surface area (Å²) in [6, 6.07) is 2.10. The Kier molecular flexibility index (Phi) is 3.90. The third-order valence-electron chi connectivity index (χ3n) is 2.18. The van der Waals surface area contributed by atoms with Gasteiger partial charge in [-0.05, 0) is 37.3 Å². The number of hydrogen-bond acceptors (Lipinski definition) is 3. The Morgan fingerprint density at radius 2 is 2.31 bits per heavy atom. The first kappa shape index (κ1) is 10.7. The molecule has 2 nitrogen and oxygen atoms in total. The largest absolute Gasteiger partial charge is 0.393 e. The molecule has 0 fully saturated rings. The summed E-state index contributed by atoms with van der Waals surface area (Å²) in [4.78, 5) is 1.32. The van der Waals surface area contributed by atoms with E-state index < -0.39 is 0 Å². The van der Waals surface area contributed by atoms with E-state index in [1.54, 1.807) is 11.3 Å². The summed E-state index contributed by atoms with van der Waals surface area (Å²) >= 11 is 1.73. The number of hydrogen-bond donors (Lipinski definition) is 2. The Morgan fingerprint density at radius 3 is 2.69 bits per heavy atom. The molecule has 1 aromatic rings. The summed E-state index contributed by atoms with van der Waals surface area (Å²) in [6.07, 6.45) is 0.493. The lowest BCUT2D eigenvalue weighted by atomic mass is 9.98. The molecule has 0 amide bonds. The van der Waals surface area contributed by atoms with Gasteiger partial charge in [0, 0.05) is 17.3 Å². The van der Waals surface area contributed by atoms with E-state index in [0.29, 0.717) is 12.5 Å². The van der Waals surface area contributed by atoms with Crippen molar-refractivity contribution in [3.63, 3.8) is 0 Å². The quantitative estimate of drug-likeness (QED) is 0.777. The van der Waals surface area contributed by atoms with E-state index in [2.05, 4.69) is 18.4 Å². The second-order valence-corrected chi connectivity index (χ2v) is 4.43. The Labute approximate surface area is 83.4 Å². The number of thiophene rings is 1. The highest BCUT2D eigenvalue weighted by Crippen LogP contribution is 2.28. The van der Waals surface area contributed by atoms with Crippen molar-refractivity contribution in [3.8, 4) is 0 Å². The molecule has 0 radical (unpaired) electrons. The van der Waals surface area contributed by atoms with Gasteiger partial charge in [-0.15, -0.1) is 11.3 Å². The maximum atomic E-state index is 9.29. The van der Waals surface area contributed by atoms with Crippen LogP contribution in [0.15, 0.2) is 11.4 Å². The van der Waals surface area contributed by atoms with Crippen LogP contribution in [0.5, 0.6) is 0 Å². The SMILES string of the molecule is Cc1ccsc1C(CN)CC(C)O. The van der Waals surface area contributed by atoms with Crippen molar-refractivity contribution >= 4 is 11.3 Å². The fourth-order valence-electron chi connectivity index (χ4n) is 1.52. The average molecular weight is 199 g/mol. The minimum absolute atomic E-state index is 0.268. The van der Waals surface area contributed by atoms with Gasteiger partial charge in [0.2, 0.25) is 0 Å². The first-order valence-electron chi connectivity index (χ1n) is 4.57. The van der Waals surface area contributed by atoms with Gasteiger partial charge < -0.3 is 10.8 Å². The molecule has 0 aliphatic carbocycles. The molecular weight excluding hydrogens is 182 g/mol. The highest BCUT2D eigenvalue weighted by atomic mass is 32.1. The molecule has 2 atom stereocenters. The maximum Gasteiger partial charge on any atom is 0.0518 e. The molecule has 2 unspecified atom stereocenters. The second-order valence-electron chi connectivity index (χ2n) is 3.49. The van der Waals surface area contributed by atoms with Crippen LogP contribution < -0.4 is 5.73 Å². The van der Waals surface area contributed by atoms with Crippen molar-refractivity contribution < 1.29 is 5.11 Å². The molecule has 0 spiro atoms. The molecule has 0 aliphatic heterocycles. The van der Waals surface area contributed by atoms with E-state index in [1.807, 2.05) is 6.92 Å². The van der Waals surface area contributed by atoms with Crippen molar-refractivity contribution in [2.24, 2.45) is 5.73 Å². The highest BCUT2D eigenvalue weighted by Gasteiger charge is 2.15. The number of aryl methyl sites for hydroxylation is 1. The van der Waals surface area contributed by atoms with Crippen molar-refractivity contribution in [1.29, 1.82) is 0 Å². The van der Waals surface area contributed by atoms with Gasteiger partial charge in [0.05, 0.1) is 6.10 Å². The molecule has 1 rings (SSSR count). The van der Waals surface area contributed by atoms with Gasteiger partial charge in [0.1, 0.15) is 0 Å². The summed E-state index contributed by atoms with van der Waals surface area (Å²) in [5.41, 5.74) is 6.97. The molecule has 3 heteroatoms. The monoisotopic (exact) mass is 199 g/mol. The van der Waals surface area contributed by atoms with Gasteiger partial charge in [-0.2, -0.15) is 0 Å². The van der Waals surface area contributed by atoms with Crippen LogP contribution in [0.1, 0.15) is 29.7 Å². The summed E-state index contributed by atoms with van der Waals surface area (Å²) in [5, 5.41) is 11.4. The van der Waals surface area contributed by atoms with E-state index in [9.17, 15) is 5.11 Å². The molecule has 0 saturated heterocycles.